The van der Waals surface area contributed by atoms with E-state index < -0.39 is 0 Å². The molecule has 60 valence electrons. The number of unbranched alkanes of at least 4 members (excludes halogenated alkanes) is 3. The third-order valence-corrected chi connectivity index (χ3v) is 1.75. The number of hydrogen-bond donors (Lipinski definition) is 0. The van der Waals surface area contributed by atoms with E-state index in [9.17, 15) is 4.79 Å². The van der Waals surface area contributed by atoms with Crippen LogP contribution in [0.25, 0.3) is 0 Å². The minimum atomic E-state index is 0.275. The highest BCUT2D eigenvalue weighted by Crippen LogP contribution is 2.07. The van der Waals surface area contributed by atoms with Crippen molar-refractivity contribution in [3.8, 4) is 0 Å². The molecule has 0 aromatic rings. The summed E-state index contributed by atoms with van der Waals surface area (Å²) in [5.74, 6) is 0.275. The van der Waals surface area contributed by atoms with Gasteiger partial charge in [0.15, 0.2) is 0 Å². The Morgan fingerprint density at radius 2 is 2.00 bits per heavy atom. The molecule has 0 unspecified atom stereocenters. The summed E-state index contributed by atoms with van der Waals surface area (Å²) in [5, 5.41) is 0. The van der Waals surface area contributed by atoms with Gasteiger partial charge >= 0.3 is 0 Å². The van der Waals surface area contributed by atoms with E-state index in [4.69, 9.17) is 0 Å². The lowest BCUT2D eigenvalue weighted by Gasteiger charge is -2.00. The molecule has 0 aliphatic rings. The molecule has 0 aliphatic heterocycles. The van der Waals surface area contributed by atoms with Crippen LogP contribution in [0.4, 0.5) is 0 Å². The first-order valence-electron chi connectivity index (χ1n) is 4.26. The molecule has 0 radical (unpaired) electrons. The first-order chi connectivity index (χ1) is 4.81. The first-order valence-corrected chi connectivity index (χ1v) is 4.26. The molecule has 1 heteroatoms. The molecule has 0 amide bonds. The summed E-state index contributed by atoms with van der Waals surface area (Å²) in [6.07, 6.45) is 7.21. The Hall–Kier alpha value is -0.330. The summed E-state index contributed by atoms with van der Waals surface area (Å²) >= 11 is 0. The van der Waals surface area contributed by atoms with Crippen LogP contribution in [-0.2, 0) is 4.79 Å². The minimum Gasteiger partial charge on any atom is -0.303 e. The Labute approximate surface area is 63.8 Å². The maximum Gasteiger partial charge on any atom is 0.122 e. The predicted molar refractivity (Wildman–Crippen MR) is 44.0 cm³/mol. The highest BCUT2D eigenvalue weighted by Gasteiger charge is 1.97. The second-order valence-corrected chi connectivity index (χ2v) is 2.96. The fraction of sp³-hybridized carbons (Fsp3) is 0.889. The van der Waals surface area contributed by atoms with Gasteiger partial charge in [-0.1, -0.05) is 39.5 Å². The molecular formula is C9H18O. The van der Waals surface area contributed by atoms with Gasteiger partial charge in [-0.15, -0.1) is 0 Å². The molecule has 0 heterocycles. The average Bonchev–Trinajstić information content (AvgIpc) is 1.98. The molecule has 0 spiro atoms. The fourth-order valence-corrected chi connectivity index (χ4v) is 0.961. The van der Waals surface area contributed by atoms with Crippen LogP contribution in [0.3, 0.4) is 0 Å². The zero-order valence-electron chi connectivity index (χ0n) is 7.10. The van der Waals surface area contributed by atoms with E-state index in [1.807, 2.05) is 6.92 Å². The van der Waals surface area contributed by atoms with Gasteiger partial charge < -0.3 is 4.79 Å². The first kappa shape index (κ1) is 9.67. The van der Waals surface area contributed by atoms with Gasteiger partial charge in [0.2, 0.25) is 0 Å². The minimum absolute atomic E-state index is 0.275. The van der Waals surface area contributed by atoms with Crippen LogP contribution in [0.15, 0.2) is 0 Å². The van der Waals surface area contributed by atoms with Crippen LogP contribution in [0.1, 0.15) is 46.0 Å². The van der Waals surface area contributed by atoms with Gasteiger partial charge in [0.25, 0.3) is 0 Å². The molecule has 0 rings (SSSR count). The quantitative estimate of drug-likeness (QED) is 0.411. The Morgan fingerprint density at radius 3 is 2.50 bits per heavy atom. The molecule has 0 fully saturated rings. The van der Waals surface area contributed by atoms with Crippen LogP contribution in [0, 0.1) is 5.92 Å². The maximum atomic E-state index is 10.2. The average molecular weight is 142 g/mol. The van der Waals surface area contributed by atoms with Gasteiger partial charge in [-0.3, -0.25) is 0 Å². The monoisotopic (exact) mass is 142 g/mol. The lowest BCUT2D eigenvalue weighted by molar-refractivity contribution is -0.110. The van der Waals surface area contributed by atoms with E-state index in [2.05, 4.69) is 6.92 Å². The van der Waals surface area contributed by atoms with Crippen LogP contribution < -0.4 is 0 Å². The van der Waals surface area contributed by atoms with E-state index in [1.165, 1.54) is 25.7 Å². The summed E-state index contributed by atoms with van der Waals surface area (Å²) in [6, 6.07) is 0. The third-order valence-electron chi connectivity index (χ3n) is 1.75. The SMILES string of the molecule is CCCCCC[C@@H](C)C=O. The van der Waals surface area contributed by atoms with Crippen LogP contribution in [0.2, 0.25) is 0 Å². The molecule has 1 nitrogen and oxygen atoms in total. The summed E-state index contributed by atoms with van der Waals surface area (Å²) in [4.78, 5) is 10.2. The molecule has 0 aliphatic carbocycles. The number of carbonyl (C=O) groups is 1. The second-order valence-electron chi connectivity index (χ2n) is 2.96. The van der Waals surface area contributed by atoms with E-state index in [0.717, 1.165) is 12.7 Å². The van der Waals surface area contributed by atoms with Gasteiger partial charge in [-0.05, 0) is 6.42 Å². The topological polar surface area (TPSA) is 17.1 Å². The molecule has 0 aromatic heterocycles. The highest BCUT2D eigenvalue weighted by molar-refractivity contribution is 5.52. The molecule has 0 saturated heterocycles. The number of hydrogen-bond acceptors (Lipinski definition) is 1. The number of rotatable bonds is 6. The Balaban J connectivity index is 2.95. The van der Waals surface area contributed by atoms with Crippen molar-refractivity contribution < 1.29 is 4.79 Å². The van der Waals surface area contributed by atoms with Crippen molar-refractivity contribution in [2.75, 3.05) is 0 Å². The largest absolute Gasteiger partial charge is 0.303 e. The van der Waals surface area contributed by atoms with Crippen molar-refractivity contribution in [1.29, 1.82) is 0 Å². The van der Waals surface area contributed by atoms with Crippen molar-refractivity contribution in [2.45, 2.75) is 46.0 Å². The Morgan fingerprint density at radius 1 is 1.30 bits per heavy atom. The summed E-state index contributed by atoms with van der Waals surface area (Å²) < 4.78 is 0. The molecular weight excluding hydrogens is 124 g/mol. The van der Waals surface area contributed by atoms with Crippen LogP contribution in [-0.4, -0.2) is 6.29 Å². The van der Waals surface area contributed by atoms with Crippen molar-refractivity contribution >= 4 is 6.29 Å². The van der Waals surface area contributed by atoms with Crippen molar-refractivity contribution in [1.82, 2.24) is 0 Å². The zero-order valence-corrected chi connectivity index (χ0v) is 7.10. The van der Waals surface area contributed by atoms with Gasteiger partial charge in [-0.25, -0.2) is 0 Å². The predicted octanol–water partition coefficient (Wildman–Crippen LogP) is 2.79. The van der Waals surface area contributed by atoms with Crippen molar-refractivity contribution in [2.24, 2.45) is 5.92 Å². The number of carbonyl (C=O) groups excluding carboxylic acids is 1. The molecule has 10 heavy (non-hydrogen) atoms. The standard InChI is InChI=1S/C9H18O/c1-3-4-5-6-7-9(2)8-10/h8-9H,3-7H2,1-2H3/t9-/m1/s1. The van der Waals surface area contributed by atoms with Crippen LogP contribution >= 0.6 is 0 Å². The summed E-state index contributed by atoms with van der Waals surface area (Å²) in [7, 11) is 0. The van der Waals surface area contributed by atoms with Gasteiger partial charge in [-0.2, -0.15) is 0 Å². The summed E-state index contributed by atoms with van der Waals surface area (Å²) in [5.41, 5.74) is 0. The van der Waals surface area contributed by atoms with Gasteiger partial charge in [0, 0.05) is 5.92 Å². The fourth-order valence-electron chi connectivity index (χ4n) is 0.961. The molecule has 1 atom stereocenters. The maximum absolute atomic E-state index is 10.2. The van der Waals surface area contributed by atoms with Gasteiger partial charge in [0.05, 0.1) is 0 Å². The molecule has 0 aromatic carbocycles. The van der Waals surface area contributed by atoms with Crippen LogP contribution in [0.5, 0.6) is 0 Å². The van der Waals surface area contributed by atoms with Crippen molar-refractivity contribution in [3.63, 3.8) is 0 Å². The highest BCUT2D eigenvalue weighted by atomic mass is 16.1. The van der Waals surface area contributed by atoms with E-state index in [0.29, 0.717) is 0 Å². The lowest BCUT2D eigenvalue weighted by atomic mass is 10.0. The smallest absolute Gasteiger partial charge is 0.122 e. The second kappa shape index (κ2) is 6.79. The normalized spacial score (nSPS) is 13.0. The molecule has 0 saturated carbocycles. The number of aldehydes is 1. The Kier molecular flexibility index (Phi) is 6.56. The Bertz CT molecular complexity index is 78.8. The third kappa shape index (κ3) is 5.80. The van der Waals surface area contributed by atoms with E-state index >= 15 is 0 Å². The van der Waals surface area contributed by atoms with E-state index in [1.54, 1.807) is 0 Å². The lowest BCUT2D eigenvalue weighted by Crippen LogP contribution is -1.94. The van der Waals surface area contributed by atoms with Crippen molar-refractivity contribution in [3.05, 3.63) is 0 Å². The zero-order chi connectivity index (χ0) is 7.82. The molecule has 0 bridgehead atoms. The van der Waals surface area contributed by atoms with E-state index in [-0.39, 0.29) is 5.92 Å². The molecule has 0 N–H and O–H groups in total. The van der Waals surface area contributed by atoms with Gasteiger partial charge in [0.1, 0.15) is 6.29 Å². The summed E-state index contributed by atoms with van der Waals surface area (Å²) in [6.45, 7) is 4.18.